The zero-order valence-corrected chi connectivity index (χ0v) is 9.11. The molecule has 2 rings (SSSR count). The summed E-state index contributed by atoms with van der Waals surface area (Å²) in [7, 11) is 0. The maximum atomic E-state index is 13.4. The molecule has 1 saturated heterocycles. The molecule has 6 heteroatoms. The average Bonchev–Trinajstić information content (AvgIpc) is 2.35. The third kappa shape index (κ3) is 2.72. The molecule has 0 radical (unpaired) electrons. The van der Waals surface area contributed by atoms with Crippen LogP contribution in [0.2, 0.25) is 0 Å². The Morgan fingerprint density at radius 2 is 2.29 bits per heavy atom. The van der Waals surface area contributed by atoms with Gasteiger partial charge in [-0.1, -0.05) is 6.07 Å². The van der Waals surface area contributed by atoms with E-state index in [0.29, 0.717) is 13.2 Å². The molecule has 0 aromatic heterocycles. The van der Waals surface area contributed by atoms with Crippen molar-refractivity contribution in [3.05, 3.63) is 24.0 Å². The fourth-order valence-corrected chi connectivity index (χ4v) is 1.52. The lowest BCUT2D eigenvalue weighted by atomic mass is 10.2. The average molecular weight is 240 g/mol. The minimum Gasteiger partial charge on any atom is -0.397 e. The number of ether oxygens (including phenoxy) is 2. The monoisotopic (exact) mass is 240 g/mol. The molecule has 1 aromatic carbocycles. The summed E-state index contributed by atoms with van der Waals surface area (Å²) in [4.78, 5) is 11.7. The molecule has 0 aliphatic carbocycles. The first-order valence-electron chi connectivity index (χ1n) is 5.22. The number of anilines is 2. The Morgan fingerprint density at radius 3 is 2.94 bits per heavy atom. The van der Waals surface area contributed by atoms with Gasteiger partial charge >= 0.3 is 0 Å². The van der Waals surface area contributed by atoms with Gasteiger partial charge in [0, 0.05) is 0 Å². The molecular formula is C11H13FN2O3. The summed E-state index contributed by atoms with van der Waals surface area (Å²) in [6, 6.07) is 4.21. The fourth-order valence-electron chi connectivity index (χ4n) is 1.52. The number of nitrogens with two attached hydrogens (primary N) is 1. The van der Waals surface area contributed by atoms with Crippen molar-refractivity contribution < 1.29 is 18.7 Å². The van der Waals surface area contributed by atoms with Crippen LogP contribution >= 0.6 is 0 Å². The molecule has 92 valence electrons. The molecule has 1 aromatic rings. The molecular weight excluding hydrogens is 227 g/mol. The number of rotatable bonds is 2. The second-order valence-corrected chi connectivity index (χ2v) is 3.63. The van der Waals surface area contributed by atoms with E-state index in [1.807, 2.05) is 0 Å². The molecule has 0 bridgehead atoms. The van der Waals surface area contributed by atoms with Crippen molar-refractivity contribution in [1.82, 2.24) is 0 Å². The fraction of sp³-hybridized carbons (Fsp3) is 0.364. The zero-order valence-electron chi connectivity index (χ0n) is 9.11. The molecule has 5 nitrogen and oxygen atoms in total. The predicted molar refractivity (Wildman–Crippen MR) is 60.0 cm³/mol. The van der Waals surface area contributed by atoms with Crippen LogP contribution in [0.5, 0.6) is 0 Å². The summed E-state index contributed by atoms with van der Waals surface area (Å²) in [5.74, 6) is -1.03. The van der Waals surface area contributed by atoms with Crippen LogP contribution < -0.4 is 11.1 Å². The highest BCUT2D eigenvalue weighted by Crippen LogP contribution is 2.22. The molecule has 1 amide bonds. The predicted octanol–water partition coefficient (Wildman–Crippen LogP) is 0.762. The van der Waals surface area contributed by atoms with Crippen LogP contribution in [0.3, 0.4) is 0 Å². The third-order valence-electron chi connectivity index (χ3n) is 2.40. The van der Waals surface area contributed by atoms with Crippen LogP contribution in [-0.2, 0) is 14.3 Å². The van der Waals surface area contributed by atoms with Crippen LogP contribution in [0, 0.1) is 5.82 Å². The smallest absolute Gasteiger partial charge is 0.256 e. The normalized spacial score (nSPS) is 19.9. The van der Waals surface area contributed by atoms with Crippen LogP contribution in [0.25, 0.3) is 0 Å². The van der Waals surface area contributed by atoms with E-state index >= 15 is 0 Å². The van der Waals surface area contributed by atoms with Gasteiger partial charge in [-0.15, -0.1) is 0 Å². The number of benzene rings is 1. The van der Waals surface area contributed by atoms with Crippen LogP contribution in [0.4, 0.5) is 15.8 Å². The van der Waals surface area contributed by atoms with Gasteiger partial charge in [-0.3, -0.25) is 4.79 Å². The van der Waals surface area contributed by atoms with Crippen molar-refractivity contribution in [1.29, 1.82) is 0 Å². The summed E-state index contributed by atoms with van der Waals surface area (Å²) in [5.41, 5.74) is 5.73. The lowest BCUT2D eigenvalue weighted by Crippen LogP contribution is -2.39. The second kappa shape index (κ2) is 5.11. The number of carbonyl (C=O) groups is 1. The molecule has 0 saturated carbocycles. The molecule has 1 aliphatic rings. The first-order chi connectivity index (χ1) is 8.18. The van der Waals surface area contributed by atoms with Crippen molar-refractivity contribution in [2.24, 2.45) is 0 Å². The topological polar surface area (TPSA) is 73.6 Å². The van der Waals surface area contributed by atoms with Crippen molar-refractivity contribution in [2.75, 3.05) is 30.9 Å². The molecule has 1 atom stereocenters. The number of hydrogen-bond donors (Lipinski definition) is 2. The summed E-state index contributed by atoms with van der Waals surface area (Å²) in [6.07, 6.45) is -0.720. The Morgan fingerprint density at radius 1 is 1.47 bits per heavy atom. The Bertz CT molecular complexity index is 399. The minimum absolute atomic E-state index is 0.0216. The molecule has 0 spiro atoms. The summed E-state index contributed by atoms with van der Waals surface area (Å²) < 4.78 is 23.7. The first-order valence-corrected chi connectivity index (χ1v) is 5.22. The molecule has 1 heterocycles. The van der Waals surface area contributed by atoms with Gasteiger partial charge in [0.25, 0.3) is 5.91 Å². The van der Waals surface area contributed by atoms with E-state index in [2.05, 4.69) is 5.32 Å². The number of amides is 1. The summed E-state index contributed by atoms with van der Waals surface area (Å²) in [6.45, 7) is 0.983. The van der Waals surface area contributed by atoms with Gasteiger partial charge in [0.1, 0.15) is 11.5 Å². The molecule has 1 fully saturated rings. The molecule has 3 N–H and O–H groups in total. The number of carbonyl (C=O) groups excluding carboxylic acids is 1. The molecule has 1 unspecified atom stereocenters. The van der Waals surface area contributed by atoms with Gasteiger partial charge in [-0.05, 0) is 12.1 Å². The SMILES string of the molecule is Nc1cccc(F)c1NC(=O)C1COCCO1. The van der Waals surface area contributed by atoms with Gasteiger partial charge in [0.15, 0.2) is 6.10 Å². The third-order valence-corrected chi connectivity index (χ3v) is 2.40. The second-order valence-electron chi connectivity index (χ2n) is 3.63. The lowest BCUT2D eigenvalue weighted by Gasteiger charge is -2.22. The van der Waals surface area contributed by atoms with Gasteiger partial charge < -0.3 is 20.5 Å². The van der Waals surface area contributed by atoms with Crippen molar-refractivity contribution in [3.63, 3.8) is 0 Å². The number of nitrogens with one attached hydrogen (secondary N) is 1. The van der Waals surface area contributed by atoms with E-state index in [4.69, 9.17) is 15.2 Å². The maximum absolute atomic E-state index is 13.4. The highest BCUT2D eigenvalue weighted by molar-refractivity contribution is 5.97. The van der Waals surface area contributed by atoms with Gasteiger partial charge in [-0.25, -0.2) is 4.39 Å². The van der Waals surface area contributed by atoms with Crippen LogP contribution in [0.15, 0.2) is 18.2 Å². The summed E-state index contributed by atoms with van der Waals surface area (Å²) >= 11 is 0. The van der Waals surface area contributed by atoms with Gasteiger partial charge in [0.05, 0.1) is 25.5 Å². The number of nitrogen functional groups attached to an aromatic ring is 1. The molecule has 1 aliphatic heterocycles. The summed E-state index contributed by atoms with van der Waals surface area (Å²) in [5, 5.41) is 2.40. The van der Waals surface area contributed by atoms with E-state index in [9.17, 15) is 9.18 Å². The van der Waals surface area contributed by atoms with E-state index in [0.717, 1.165) is 0 Å². The highest BCUT2D eigenvalue weighted by Gasteiger charge is 2.23. The Balaban J connectivity index is 2.07. The van der Waals surface area contributed by atoms with Crippen molar-refractivity contribution >= 4 is 17.3 Å². The minimum atomic E-state index is -0.720. The van der Waals surface area contributed by atoms with E-state index < -0.39 is 17.8 Å². The quantitative estimate of drug-likeness (QED) is 0.748. The maximum Gasteiger partial charge on any atom is 0.256 e. The van der Waals surface area contributed by atoms with E-state index in [1.165, 1.54) is 18.2 Å². The van der Waals surface area contributed by atoms with Crippen molar-refractivity contribution in [2.45, 2.75) is 6.10 Å². The van der Waals surface area contributed by atoms with E-state index in [-0.39, 0.29) is 18.0 Å². The standard InChI is InChI=1S/C11H13FN2O3/c12-7-2-1-3-8(13)10(7)14-11(15)9-6-16-4-5-17-9/h1-3,9H,4-6,13H2,(H,14,15). The van der Waals surface area contributed by atoms with Crippen LogP contribution in [0.1, 0.15) is 0 Å². The first kappa shape index (κ1) is 11.8. The largest absolute Gasteiger partial charge is 0.397 e. The van der Waals surface area contributed by atoms with Crippen molar-refractivity contribution in [3.8, 4) is 0 Å². The Kier molecular flexibility index (Phi) is 3.55. The number of hydrogen-bond acceptors (Lipinski definition) is 4. The van der Waals surface area contributed by atoms with Gasteiger partial charge in [0.2, 0.25) is 0 Å². The zero-order chi connectivity index (χ0) is 12.3. The number of para-hydroxylation sites is 1. The highest BCUT2D eigenvalue weighted by atomic mass is 19.1. The Hall–Kier alpha value is -1.66. The lowest BCUT2D eigenvalue weighted by molar-refractivity contribution is -0.142. The Labute approximate surface area is 97.7 Å². The van der Waals surface area contributed by atoms with Gasteiger partial charge in [-0.2, -0.15) is 0 Å². The van der Waals surface area contributed by atoms with E-state index in [1.54, 1.807) is 0 Å². The molecule has 17 heavy (non-hydrogen) atoms. The number of halogens is 1. The van der Waals surface area contributed by atoms with Crippen LogP contribution in [-0.4, -0.2) is 31.8 Å².